The zero-order valence-corrected chi connectivity index (χ0v) is 12.2. The van der Waals surface area contributed by atoms with Gasteiger partial charge in [-0.25, -0.2) is 4.39 Å². The Morgan fingerprint density at radius 3 is 2.65 bits per heavy atom. The average Bonchev–Trinajstić information content (AvgIpc) is 3.06. The Labute approximate surface area is 131 Å². The molecule has 1 aromatic heterocycles. The first-order valence-electron chi connectivity index (χ1n) is 6.84. The molecule has 2 aromatic carbocycles. The molecule has 0 fully saturated rings. The average molecular weight is 312 g/mol. The Bertz CT molecular complexity index is 831. The van der Waals surface area contributed by atoms with Gasteiger partial charge in [0.2, 0.25) is 5.76 Å². The van der Waals surface area contributed by atoms with Crippen molar-refractivity contribution >= 4 is 11.6 Å². The summed E-state index contributed by atoms with van der Waals surface area (Å²) in [6, 6.07) is 15.0. The summed E-state index contributed by atoms with van der Waals surface area (Å²) in [7, 11) is 1.37. The lowest BCUT2D eigenvalue weighted by atomic mass is 10.1. The SMILES string of the molecule is COc1ccc(NC(=O)c2cc(-c3ccccc3)no2)cc1F. The van der Waals surface area contributed by atoms with Gasteiger partial charge in [0.15, 0.2) is 11.6 Å². The molecule has 1 N–H and O–H groups in total. The fourth-order valence-electron chi connectivity index (χ4n) is 2.06. The third-order valence-corrected chi connectivity index (χ3v) is 3.21. The van der Waals surface area contributed by atoms with Crippen LogP contribution < -0.4 is 10.1 Å². The van der Waals surface area contributed by atoms with Crippen molar-refractivity contribution in [2.75, 3.05) is 12.4 Å². The Hall–Kier alpha value is -3.15. The van der Waals surface area contributed by atoms with Crippen LogP contribution in [0.1, 0.15) is 10.6 Å². The maximum Gasteiger partial charge on any atom is 0.294 e. The molecule has 0 aliphatic rings. The minimum absolute atomic E-state index is 0.0417. The first-order valence-corrected chi connectivity index (χ1v) is 6.84. The quantitative estimate of drug-likeness (QED) is 0.797. The summed E-state index contributed by atoms with van der Waals surface area (Å²) in [6.45, 7) is 0. The Kier molecular flexibility index (Phi) is 4.05. The predicted octanol–water partition coefficient (Wildman–Crippen LogP) is 3.74. The lowest BCUT2D eigenvalue weighted by molar-refractivity contribution is 0.0988. The topological polar surface area (TPSA) is 64.4 Å². The highest BCUT2D eigenvalue weighted by Crippen LogP contribution is 2.22. The van der Waals surface area contributed by atoms with Gasteiger partial charge in [-0.3, -0.25) is 4.79 Å². The molecule has 23 heavy (non-hydrogen) atoms. The van der Waals surface area contributed by atoms with E-state index in [0.717, 1.165) is 5.56 Å². The molecule has 0 bridgehead atoms. The van der Waals surface area contributed by atoms with Crippen molar-refractivity contribution in [1.82, 2.24) is 5.16 Å². The van der Waals surface area contributed by atoms with Crippen LogP contribution in [0.5, 0.6) is 5.75 Å². The number of hydrogen-bond acceptors (Lipinski definition) is 4. The Balaban J connectivity index is 1.76. The van der Waals surface area contributed by atoms with Gasteiger partial charge in [-0.15, -0.1) is 0 Å². The Morgan fingerprint density at radius 1 is 1.17 bits per heavy atom. The number of rotatable bonds is 4. The van der Waals surface area contributed by atoms with Crippen molar-refractivity contribution in [2.24, 2.45) is 0 Å². The van der Waals surface area contributed by atoms with Crippen molar-refractivity contribution in [3.05, 3.63) is 66.2 Å². The summed E-state index contributed by atoms with van der Waals surface area (Å²) in [6.07, 6.45) is 0. The number of aromatic nitrogens is 1. The number of nitrogens with one attached hydrogen (secondary N) is 1. The molecule has 1 amide bonds. The molecule has 3 aromatic rings. The summed E-state index contributed by atoms with van der Waals surface area (Å²) in [5, 5.41) is 6.41. The van der Waals surface area contributed by atoms with E-state index in [1.807, 2.05) is 30.3 Å². The molecule has 0 aliphatic carbocycles. The van der Waals surface area contributed by atoms with Crippen LogP contribution >= 0.6 is 0 Å². The largest absolute Gasteiger partial charge is 0.494 e. The van der Waals surface area contributed by atoms with Crippen molar-refractivity contribution in [3.8, 4) is 17.0 Å². The van der Waals surface area contributed by atoms with Gasteiger partial charge in [-0.2, -0.15) is 0 Å². The number of halogens is 1. The van der Waals surface area contributed by atoms with Gasteiger partial charge in [0.25, 0.3) is 5.91 Å². The molecule has 0 atom stereocenters. The summed E-state index contributed by atoms with van der Waals surface area (Å²) < 4.78 is 23.5. The number of anilines is 1. The number of benzene rings is 2. The van der Waals surface area contributed by atoms with Crippen LogP contribution in [0.3, 0.4) is 0 Å². The molecular formula is C17H13FN2O3. The molecular weight excluding hydrogens is 299 g/mol. The van der Waals surface area contributed by atoms with Crippen LogP contribution in [0.4, 0.5) is 10.1 Å². The molecule has 116 valence electrons. The number of hydrogen-bond donors (Lipinski definition) is 1. The van der Waals surface area contributed by atoms with Gasteiger partial charge in [0.05, 0.1) is 7.11 Å². The molecule has 0 saturated heterocycles. The van der Waals surface area contributed by atoms with E-state index in [1.165, 1.54) is 31.4 Å². The van der Waals surface area contributed by atoms with Gasteiger partial charge in [0, 0.05) is 23.4 Å². The van der Waals surface area contributed by atoms with Crippen molar-refractivity contribution in [1.29, 1.82) is 0 Å². The third kappa shape index (κ3) is 3.21. The van der Waals surface area contributed by atoms with Crippen LogP contribution in [0.15, 0.2) is 59.1 Å². The number of ether oxygens (including phenoxy) is 1. The van der Waals surface area contributed by atoms with Crippen LogP contribution in [0.2, 0.25) is 0 Å². The third-order valence-electron chi connectivity index (χ3n) is 3.21. The van der Waals surface area contributed by atoms with Crippen LogP contribution in [0, 0.1) is 5.82 Å². The van der Waals surface area contributed by atoms with E-state index < -0.39 is 11.7 Å². The van der Waals surface area contributed by atoms with Gasteiger partial charge < -0.3 is 14.6 Å². The molecule has 0 saturated carbocycles. The monoisotopic (exact) mass is 312 g/mol. The van der Waals surface area contributed by atoms with E-state index in [2.05, 4.69) is 10.5 Å². The summed E-state index contributed by atoms with van der Waals surface area (Å²) >= 11 is 0. The number of carbonyl (C=O) groups excluding carboxylic acids is 1. The molecule has 5 nitrogen and oxygen atoms in total. The smallest absolute Gasteiger partial charge is 0.294 e. The number of nitrogens with zero attached hydrogens (tertiary/aromatic N) is 1. The summed E-state index contributed by atoms with van der Waals surface area (Å²) in [5.74, 6) is -0.925. The van der Waals surface area contributed by atoms with Gasteiger partial charge in [-0.1, -0.05) is 35.5 Å². The molecule has 0 spiro atoms. The fourth-order valence-corrected chi connectivity index (χ4v) is 2.06. The second-order valence-corrected chi connectivity index (χ2v) is 4.75. The van der Waals surface area contributed by atoms with Gasteiger partial charge in [0.1, 0.15) is 5.69 Å². The highest BCUT2D eigenvalue weighted by atomic mass is 19.1. The number of methoxy groups -OCH3 is 1. The first-order chi connectivity index (χ1) is 11.2. The molecule has 0 aliphatic heterocycles. The van der Waals surface area contributed by atoms with E-state index in [1.54, 1.807) is 0 Å². The summed E-state index contributed by atoms with van der Waals surface area (Å²) in [4.78, 5) is 12.1. The van der Waals surface area contributed by atoms with E-state index in [4.69, 9.17) is 9.26 Å². The van der Waals surface area contributed by atoms with Gasteiger partial charge in [-0.05, 0) is 12.1 Å². The lowest BCUT2D eigenvalue weighted by Crippen LogP contribution is -2.11. The maximum absolute atomic E-state index is 13.6. The summed E-state index contributed by atoms with van der Waals surface area (Å²) in [5.41, 5.74) is 1.69. The van der Waals surface area contributed by atoms with Crippen molar-refractivity contribution in [2.45, 2.75) is 0 Å². The first kappa shape index (κ1) is 14.8. The maximum atomic E-state index is 13.6. The fraction of sp³-hybridized carbons (Fsp3) is 0.0588. The predicted molar refractivity (Wildman–Crippen MR) is 82.8 cm³/mol. The molecule has 0 unspecified atom stereocenters. The molecule has 1 heterocycles. The minimum atomic E-state index is -0.562. The molecule has 3 rings (SSSR count). The van der Waals surface area contributed by atoms with Crippen LogP contribution in [-0.2, 0) is 0 Å². The molecule has 0 radical (unpaired) electrons. The van der Waals surface area contributed by atoms with Crippen LogP contribution in [-0.4, -0.2) is 18.2 Å². The van der Waals surface area contributed by atoms with Crippen molar-refractivity contribution in [3.63, 3.8) is 0 Å². The standard InChI is InChI=1S/C17H13FN2O3/c1-22-15-8-7-12(9-13(15)18)19-17(21)16-10-14(20-23-16)11-5-3-2-4-6-11/h2-10H,1H3,(H,19,21). The van der Waals surface area contributed by atoms with Gasteiger partial charge >= 0.3 is 0 Å². The van der Waals surface area contributed by atoms with E-state index in [-0.39, 0.29) is 11.5 Å². The zero-order valence-electron chi connectivity index (χ0n) is 12.2. The highest BCUT2D eigenvalue weighted by Gasteiger charge is 2.15. The second kappa shape index (κ2) is 6.31. The van der Waals surface area contributed by atoms with E-state index in [9.17, 15) is 9.18 Å². The van der Waals surface area contributed by atoms with E-state index >= 15 is 0 Å². The Morgan fingerprint density at radius 2 is 1.96 bits per heavy atom. The van der Waals surface area contributed by atoms with Crippen molar-refractivity contribution < 1.29 is 18.4 Å². The zero-order chi connectivity index (χ0) is 16.2. The lowest BCUT2D eigenvalue weighted by Gasteiger charge is -2.05. The second-order valence-electron chi connectivity index (χ2n) is 4.75. The normalized spacial score (nSPS) is 10.3. The highest BCUT2D eigenvalue weighted by molar-refractivity contribution is 6.02. The number of amides is 1. The minimum Gasteiger partial charge on any atom is -0.494 e. The van der Waals surface area contributed by atoms with Crippen LogP contribution in [0.25, 0.3) is 11.3 Å². The van der Waals surface area contributed by atoms with E-state index in [0.29, 0.717) is 11.4 Å². The molecule has 6 heteroatoms. The number of carbonyl (C=O) groups is 1.